The molecule has 0 spiro atoms. The fourth-order valence-corrected chi connectivity index (χ4v) is 6.56. The van der Waals surface area contributed by atoms with Crippen molar-refractivity contribution in [2.45, 2.75) is 134 Å². The second-order valence-corrected chi connectivity index (χ2v) is 13.8. The number of alkyl carbamates (subject to hydrolysis) is 1. The summed E-state index contributed by atoms with van der Waals surface area (Å²) in [5.74, 6) is -1.45. The number of nitriles is 1. The number of esters is 1. The number of aromatic nitrogens is 3. The number of fused-ring (bicyclic) bond motifs is 2. The van der Waals surface area contributed by atoms with E-state index in [0.717, 1.165) is 19.3 Å². The molecule has 250 valence electrons. The summed E-state index contributed by atoms with van der Waals surface area (Å²) in [4.78, 5) is 42.5. The molecule has 0 unspecified atom stereocenters. The Bertz CT molecular complexity index is 1500. The summed E-state index contributed by atoms with van der Waals surface area (Å²) in [6.45, 7) is 10.5. The summed E-state index contributed by atoms with van der Waals surface area (Å²) in [5, 5.41) is 20.8. The van der Waals surface area contributed by atoms with E-state index in [1.165, 1.54) is 10.8 Å². The first-order chi connectivity index (χ1) is 21.7. The van der Waals surface area contributed by atoms with E-state index in [2.05, 4.69) is 26.8 Å². The zero-order valence-electron chi connectivity index (χ0n) is 27.4. The molecule has 1 saturated carbocycles. The van der Waals surface area contributed by atoms with Crippen molar-refractivity contribution in [3.63, 3.8) is 0 Å². The van der Waals surface area contributed by atoms with Crippen molar-refractivity contribution in [1.82, 2.24) is 19.9 Å². The van der Waals surface area contributed by atoms with Crippen LogP contribution in [0.25, 0.3) is 5.52 Å². The molecule has 0 radical (unpaired) electrons. The van der Waals surface area contributed by atoms with Crippen molar-refractivity contribution in [3.8, 4) is 6.07 Å². The van der Waals surface area contributed by atoms with Gasteiger partial charge in [0.05, 0.1) is 17.7 Å². The third-order valence-corrected chi connectivity index (χ3v) is 8.44. The number of anilines is 1. The van der Waals surface area contributed by atoms with Crippen LogP contribution in [-0.4, -0.2) is 74.4 Å². The maximum absolute atomic E-state index is 13.3. The smallest absolute Gasteiger partial charge is 0.408 e. The lowest BCUT2D eigenvalue weighted by Crippen LogP contribution is -2.52. The van der Waals surface area contributed by atoms with Crippen LogP contribution in [0, 0.1) is 11.3 Å². The Balaban J connectivity index is 1.35. The van der Waals surface area contributed by atoms with E-state index in [-0.39, 0.29) is 18.9 Å². The second kappa shape index (κ2) is 12.8. The first kappa shape index (κ1) is 33.6. The molecule has 2 aromatic rings. The maximum Gasteiger partial charge on any atom is 0.408 e. The summed E-state index contributed by atoms with van der Waals surface area (Å²) in [6, 6.07) is 5.67. The molecule has 0 bridgehead atoms. The predicted octanol–water partition coefficient (Wildman–Crippen LogP) is 4.27. The predicted molar refractivity (Wildman–Crippen MR) is 163 cm³/mol. The van der Waals surface area contributed by atoms with Gasteiger partial charge in [-0.25, -0.2) is 14.3 Å². The van der Waals surface area contributed by atoms with E-state index in [0.29, 0.717) is 42.7 Å². The normalized spacial score (nSPS) is 26.6. The van der Waals surface area contributed by atoms with Crippen LogP contribution in [0.1, 0.15) is 98.6 Å². The molecule has 4 atom stereocenters. The fraction of sp³-hybridized carbons (Fsp3) is 0.688. The molecule has 2 aliphatic heterocycles. The summed E-state index contributed by atoms with van der Waals surface area (Å²) in [7, 11) is 0. The fourth-order valence-electron chi connectivity index (χ4n) is 6.56. The van der Waals surface area contributed by atoms with Gasteiger partial charge in [0.1, 0.15) is 48.4 Å². The van der Waals surface area contributed by atoms with Crippen molar-refractivity contribution in [3.05, 3.63) is 24.2 Å². The van der Waals surface area contributed by atoms with Gasteiger partial charge in [0.15, 0.2) is 11.6 Å². The van der Waals surface area contributed by atoms with Gasteiger partial charge in [-0.1, -0.05) is 26.2 Å². The van der Waals surface area contributed by atoms with E-state index < -0.39 is 52.9 Å². The Morgan fingerprint density at radius 1 is 1.13 bits per heavy atom. The Hall–Kier alpha value is -3.80. The van der Waals surface area contributed by atoms with Crippen LogP contribution in [-0.2, 0) is 38.9 Å². The van der Waals surface area contributed by atoms with Gasteiger partial charge in [-0.3, -0.25) is 9.59 Å². The summed E-state index contributed by atoms with van der Waals surface area (Å²) < 4.78 is 31.6. The Labute approximate surface area is 268 Å². The van der Waals surface area contributed by atoms with Crippen molar-refractivity contribution >= 4 is 29.3 Å². The first-order valence-electron chi connectivity index (χ1n) is 15.9. The SMILES string of the molecule is CCCC(=O)Nc1ncnn2c([C@]3(C#N)O[C@H](COC(=O)CC4(NC(=O)OC(C)(C)C)CCCCC4)[C@H]4OC(C)(C)O[C@H]43)ccc12. The number of rotatable bonds is 9. The quantitative estimate of drug-likeness (QED) is 0.375. The van der Waals surface area contributed by atoms with E-state index in [4.69, 9.17) is 23.7 Å². The number of carbonyl (C=O) groups is 3. The van der Waals surface area contributed by atoms with E-state index in [9.17, 15) is 19.6 Å². The van der Waals surface area contributed by atoms with E-state index in [1.807, 2.05) is 6.92 Å². The van der Waals surface area contributed by atoms with Gasteiger partial charge < -0.3 is 34.3 Å². The maximum atomic E-state index is 13.3. The van der Waals surface area contributed by atoms with Gasteiger partial charge >= 0.3 is 12.1 Å². The molecule has 1 aliphatic carbocycles. The third-order valence-electron chi connectivity index (χ3n) is 8.44. The van der Waals surface area contributed by atoms with Gasteiger partial charge in [-0.15, -0.1) is 0 Å². The van der Waals surface area contributed by atoms with Crippen molar-refractivity contribution in [1.29, 1.82) is 5.26 Å². The highest BCUT2D eigenvalue weighted by molar-refractivity contribution is 5.93. The average Bonchev–Trinajstić information content (AvgIpc) is 3.62. The highest BCUT2D eigenvalue weighted by Crippen LogP contribution is 2.49. The van der Waals surface area contributed by atoms with Gasteiger partial charge in [-0.05, 0) is 66.0 Å². The Morgan fingerprint density at radius 2 is 1.87 bits per heavy atom. The highest BCUT2D eigenvalue weighted by atomic mass is 16.8. The first-order valence-corrected chi connectivity index (χ1v) is 15.9. The third kappa shape index (κ3) is 6.96. The molecule has 2 amide bonds. The monoisotopic (exact) mass is 640 g/mol. The second-order valence-electron chi connectivity index (χ2n) is 13.8. The number of amides is 2. The van der Waals surface area contributed by atoms with Crippen LogP contribution in [0.4, 0.5) is 10.6 Å². The van der Waals surface area contributed by atoms with Crippen molar-refractivity contribution in [2.24, 2.45) is 0 Å². The van der Waals surface area contributed by atoms with Crippen LogP contribution in [0.15, 0.2) is 18.5 Å². The molecule has 0 aromatic carbocycles. The zero-order valence-corrected chi connectivity index (χ0v) is 27.4. The highest BCUT2D eigenvalue weighted by Gasteiger charge is 2.65. The minimum atomic E-state index is -1.69. The van der Waals surface area contributed by atoms with Crippen molar-refractivity contribution in [2.75, 3.05) is 11.9 Å². The number of ether oxygens (including phenoxy) is 5. The molecule has 14 nitrogen and oxygen atoms in total. The largest absolute Gasteiger partial charge is 0.463 e. The summed E-state index contributed by atoms with van der Waals surface area (Å²) >= 11 is 0. The molecular formula is C32H44N6O8. The molecule has 3 aliphatic rings. The van der Waals surface area contributed by atoms with Crippen LogP contribution < -0.4 is 10.6 Å². The number of carbonyl (C=O) groups excluding carboxylic acids is 3. The number of hydrogen-bond acceptors (Lipinski definition) is 11. The number of nitrogens with zero attached hydrogens (tertiary/aromatic N) is 4. The van der Waals surface area contributed by atoms with Crippen LogP contribution in [0.3, 0.4) is 0 Å². The minimum Gasteiger partial charge on any atom is -0.463 e. The lowest BCUT2D eigenvalue weighted by atomic mass is 9.79. The molecule has 2 saturated heterocycles. The number of nitrogens with one attached hydrogen (secondary N) is 2. The summed E-state index contributed by atoms with van der Waals surface area (Å²) in [6.07, 6.45) is 3.19. The minimum absolute atomic E-state index is 0.0356. The van der Waals surface area contributed by atoms with Crippen LogP contribution >= 0.6 is 0 Å². The van der Waals surface area contributed by atoms with E-state index in [1.54, 1.807) is 46.8 Å². The molecule has 46 heavy (non-hydrogen) atoms. The van der Waals surface area contributed by atoms with Gasteiger partial charge in [0.2, 0.25) is 11.5 Å². The average molecular weight is 641 g/mol. The molecule has 2 N–H and O–H groups in total. The molecular weight excluding hydrogens is 596 g/mol. The molecule has 14 heteroatoms. The van der Waals surface area contributed by atoms with Gasteiger partial charge in [0, 0.05) is 6.42 Å². The van der Waals surface area contributed by atoms with Crippen LogP contribution in [0.2, 0.25) is 0 Å². The topological polar surface area (TPSA) is 175 Å². The van der Waals surface area contributed by atoms with E-state index >= 15 is 0 Å². The van der Waals surface area contributed by atoms with Gasteiger partial charge in [-0.2, -0.15) is 10.4 Å². The van der Waals surface area contributed by atoms with Crippen molar-refractivity contribution < 1.29 is 38.1 Å². The molecule has 4 heterocycles. The Kier molecular flexibility index (Phi) is 9.32. The van der Waals surface area contributed by atoms with Gasteiger partial charge in [0.25, 0.3) is 0 Å². The number of hydrogen-bond donors (Lipinski definition) is 2. The lowest BCUT2D eigenvalue weighted by molar-refractivity contribution is -0.207. The molecule has 2 aromatic heterocycles. The summed E-state index contributed by atoms with van der Waals surface area (Å²) in [5.41, 5.74) is -2.32. The molecule has 5 rings (SSSR count). The van der Waals surface area contributed by atoms with Crippen LogP contribution in [0.5, 0.6) is 0 Å². The standard InChI is InChI=1S/C32H44N6O8/c1-7-11-23(39)36-27-20-12-13-22(38(20)35-19-34-27)32(18-33)26-25(44-30(5,6)45-26)21(43-32)17-42-24(40)16-31(14-9-8-10-15-31)37-28(41)46-29(2,3)4/h12-13,19,21,25-26H,7-11,14-17H2,1-6H3,(H,37,41)(H,34,35,36,39)/t21-,25-,26-,32+/m1/s1. The zero-order chi connectivity index (χ0) is 33.3. The molecule has 3 fully saturated rings. The lowest BCUT2D eigenvalue weighted by Gasteiger charge is -2.37. The Morgan fingerprint density at radius 3 is 2.54 bits per heavy atom.